The van der Waals surface area contributed by atoms with E-state index in [2.05, 4.69) is 10.6 Å². The van der Waals surface area contributed by atoms with Gasteiger partial charge < -0.3 is 15.5 Å². The Kier molecular flexibility index (Phi) is 3.99. The predicted octanol–water partition coefficient (Wildman–Crippen LogP) is -0.419. The van der Waals surface area contributed by atoms with Gasteiger partial charge in [-0.1, -0.05) is 0 Å². The summed E-state index contributed by atoms with van der Waals surface area (Å²) < 4.78 is 0. The first kappa shape index (κ1) is 12.4. The molecule has 2 aliphatic rings. The largest absolute Gasteiger partial charge is 0.359 e. The lowest BCUT2D eigenvalue weighted by atomic mass is 9.95. The molecule has 0 radical (unpaired) electrons. The van der Waals surface area contributed by atoms with Gasteiger partial charge in [0, 0.05) is 32.6 Å². The number of amides is 2. The fourth-order valence-electron chi connectivity index (χ4n) is 2.69. The molecular formula is C12H21N3O2. The molecule has 5 heteroatoms. The highest BCUT2D eigenvalue weighted by Crippen LogP contribution is 2.20. The Balaban J connectivity index is 1.82. The van der Waals surface area contributed by atoms with Crippen LogP contribution in [0.3, 0.4) is 0 Å². The number of piperidine rings is 1. The number of carbonyl (C=O) groups is 2. The molecule has 0 aromatic rings. The highest BCUT2D eigenvalue weighted by molar-refractivity contribution is 5.81. The summed E-state index contributed by atoms with van der Waals surface area (Å²) in [5, 5.41) is 5.90. The standard InChI is InChI=1S/C12H21N3O2/c1-13-11(16)9-3-6-15(7-4-9)12(17)10-2-5-14-8-10/h9-10,14H,2-8H2,1H3,(H,13,16). The van der Waals surface area contributed by atoms with Crippen LogP contribution in [0.1, 0.15) is 19.3 Å². The summed E-state index contributed by atoms with van der Waals surface area (Å²) in [5.41, 5.74) is 0. The van der Waals surface area contributed by atoms with Crippen LogP contribution in [-0.4, -0.2) is 49.9 Å². The third-order valence-corrected chi connectivity index (χ3v) is 3.83. The lowest BCUT2D eigenvalue weighted by molar-refractivity contribution is -0.138. The summed E-state index contributed by atoms with van der Waals surface area (Å²) in [6, 6.07) is 0. The minimum absolute atomic E-state index is 0.0887. The van der Waals surface area contributed by atoms with Crippen LogP contribution in [0, 0.1) is 11.8 Å². The van der Waals surface area contributed by atoms with Crippen LogP contribution in [0.5, 0.6) is 0 Å². The smallest absolute Gasteiger partial charge is 0.227 e. The maximum absolute atomic E-state index is 12.1. The molecule has 0 aliphatic carbocycles. The van der Waals surface area contributed by atoms with E-state index in [-0.39, 0.29) is 23.7 Å². The van der Waals surface area contributed by atoms with Crippen LogP contribution in [0.2, 0.25) is 0 Å². The van der Waals surface area contributed by atoms with E-state index in [9.17, 15) is 9.59 Å². The molecule has 2 rings (SSSR count). The van der Waals surface area contributed by atoms with Crippen LogP contribution >= 0.6 is 0 Å². The van der Waals surface area contributed by atoms with Gasteiger partial charge in [-0.2, -0.15) is 0 Å². The summed E-state index contributed by atoms with van der Waals surface area (Å²) in [7, 11) is 1.67. The predicted molar refractivity (Wildman–Crippen MR) is 64.3 cm³/mol. The van der Waals surface area contributed by atoms with Crippen molar-refractivity contribution in [2.75, 3.05) is 33.2 Å². The van der Waals surface area contributed by atoms with Gasteiger partial charge in [0.05, 0.1) is 5.92 Å². The van der Waals surface area contributed by atoms with Crippen molar-refractivity contribution in [1.29, 1.82) is 0 Å². The van der Waals surface area contributed by atoms with E-state index in [1.54, 1.807) is 7.05 Å². The lowest BCUT2D eigenvalue weighted by Gasteiger charge is -2.32. The fourth-order valence-corrected chi connectivity index (χ4v) is 2.69. The van der Waals surface area contributed by atoms with Gasteiger partial charge in [-0.3, -0.25) is 9.59 Å². The van der Waals surface area contributed by atoms with Crippen molar-refractivity contribution in [3.05, 3.63) is 0 Å². The van der Waals surface area contributed by atoms with E-state index in [1.165, 1.54) is 0 Å². The first-order chi connectivity index (χ1) is 8.22. The van der Waals surface area contributed by atoms with E-state index < -0.39 is 0 Å². The molecule has 0 bridgehead atoms. The molecule has 2 N–H and O–H groups in total. The van der Waals surface area contributed by atoms with E-state index in [4.69, 9.17) is 0 Å². The van der Waals surface area contributed by atoms with Crippen LogP contribution < -0.4 is 10.6 Å². The van der Waals surface area contributed by atoms with E-state index in [0.29, 0.717) is 0 Å². The summed E-state index contributed by atoms with van der Waals surface area (Å²) in [4.78, 5) is 25.5. The van der Waals surface area contributed by atoms with Crippen LogP contribution in [0.15, 0.2) is 0 Å². The minimum atomic E-state index is 0.0887. The zero-order chi connectivity index (χ0) is 12.3. The van der Waals surface area contributed by atoms with Crippen molar-refractivity contribution in [3.8, 4) is 0 Å². The topological polar surface area (TPSA) is 61.4 Å². The Morgan fingerprint density at radius 2 is 1.88 bits per heavy atom. The van der Waals surface area contributed by atoms with E-state index >= 15 is 0 Å². The maximum Gasteiger partial charge on any atom is 0.227 e. The SMILES string of the molecule is CNC(=O)C1CCN(C(=O)C2CCNC2)CC1. The molecule has 0 saturated carbocycles. The number of hydrogen-bond acceptors (Lipinski definition) is 3. The zero-order valence-corrected chi connectivity index (χ0v) is 10.4. The quantitative estimate of drug-likeness (QED) is 0.688. The van der Waals surface area contributed by atoms with Gasteiger partial charge in [-0.15, -0.1) is 0 Å². The second kappa shape index (κ2) is 5.49. The Labute approximate surface area is 102 Å². The van der Waals surface area contributed by atoms with Crippen LogP contribution in [0.25, 0.3) is 0 Å². The number of rotatable bonds is 2. The van der Waals surface area contributed by atoms with Crippen molar-refractivity contribution < 1.29 is 9.59 Å². The molecular weight excluding hydrogens is 218 g/mol. The van der Waals surface area contributed by atoms with Gasteiger partial charge in [0.25, 0.3) is 0 Å². The van der Waals surface area contributed by atoms with E-state index in [1.807, 2.05) is 4.90 Å². The normalized spacial score (nSPS) is 25.9. The fraction of sp³-hybridized carbons (Fsp3) is 0.833. The van der Waals surface area contributed by atoms with Gasteiger partial charge in [-0.25, -0.2) is 0 Å². The third kappa shape index (κ3) is 2.77. The maximum atomic E-state index is 12.1. The minimum Gasteiger partial charge on any atom is -0.359 e. The summed E-state index contributed by atoms with van der Waals surface area (Å²) >= 11 is 0. The third-order valence-electron chi connectivity index (χ3n) is 3.83. The molecule has 96 valence electrons. The number of nitrogens with zero attached hydrogens (tertiary/aromatic N) is 1. The molecule has 2 fully saturated rings. The van der Waals surface area contributed by atoms with Crippen molar-refractivity contribution in [1.82, 2.24) is 15.5 Å². The highest BCUT2D eigenvalue weighted by Gasteiger charge is 2.31. The monoisotopic (exact) mass is 239 g/mol. The van der Waals surface area contributed by atoms with Crippen molar-refractivity contribution in [2.24, 2.45) is 11.8 Å². The van der Waals surface area contributed by atoms with Gasteiger partial charge >= 0.3 is 0 Å². The molecule has 2 aliphatic heterocycles. The first-order valence-electron chi connectivity index (χ1n) is 6.43. The average Bonchev–Trinajstić information content (AvgIpc) is 2.91. The Hall–Kier alpha value is -1.10. The zero-order valence-electron chi connectivity index (χ0n) is 10.4. The number of nitrogens with one attached hydrogen (secondary N) is 2. The van der Waals surface area contributed by atoms with Gasteiger partial charge in [0.2, 0.25) is 11.8 Å². The second-order valence-electron chi connectivity index (χ2n) is 4.90. The number of likely N-dealkylation sites (tertiary alicyclic amines) is 1. The lowest BCUT2D eigenvalue weighted by Crippen LogP contribution is -2.45. The molecule has 2 amide bonds. The van der Waals surface area contributed by atoms with E-state index in [0.717, 1.165) is 45.4 Å². The Morgan fingerprint density at radius 3 is 2.41 bits per heavy atom. The first-order valence-corrected chi connectivity index (χ1v) is 6.43. The molecule has 0 aromatic carbocycles. The molecule has 0 aromatic heterocycles. The van der Waals surface area contributed by atoms with Gasteiger partial charge in [0.15, 0.2) is 0 Å². The van der Waals surface area contributed by atoms with Gasteiger partial charge in [-0.05, 0) is 25.8 Å². The number of hydrogen-bond donors (Lipinski definition) is 2. The summed E-state index contributed by atoms with van der Waals surface area (Å²) in [6.07, 6.45) is 2.55. The molecule has 1 atom stereocenters. The summed E-state index contributed by atoms with van der Waals surface area (Å²) in [5.74, 6) is 0.627. The number of carbonyl (C=O) groups excluding carboxylic acids is 2. The molecule has 2 saturated heterocycles. The average molecular weight is 239 g/mol. The molecule has 5 nitrogen and oxygen atoms in total. The van der Waals surface area contributed by atoms with Crippen molar-refractivity contribution in [3.63, 3.8) is 0 Å². The van der Waals surface area contributed by atoms with Gasteiger partial charge in [0.1, 0.15) is 0 Å². The molecule has 1 unspecified atom stereocenters. The molecule has 17 heavy (non-hydrogen) atoms. The Morgan fingerprint density at radius 1 is 1.18 bits per heavy atom. The van der Waals surface area contributed by atoms with Crippen molar-refractivity contribution >= 4 is 11.8 Å². The molecule has 2 heterocycles. The summed E-state index contributed by atoms with van der Waals surface area (Å²) in [6.45, 7) is 3.22. The highest BCUT2D eigenvalue weighted by atomic mass is 16.2. The van der Waals surface area contributed by atoms with Crippen LogP contribution in [0.4, 0.5) is 0 Å². The molecule has 0 spiro atoms. The van der Waals surface area contributed by atoms with Crippen molar-refractivity contribution in [2.45, 2.75) is 19.3 Å². The van der Waals surface area contributed by atoms with Crippen LogP contribution in [-0.2, 0) is 9.59 Å². The Bertz CT molecular complexity index is 292. The second-order valence-corrected chi connectivity index (χ2v) is 4.90.